The number of benzene rings is 2. The van der Waals surface area contributed by atoms with Crippen molar-refractivity contribution in [2.75, 3.05) is 5.32 Å². The summed E-state index contributed by atoms with van der Waals surface area (Å²) in [6, 6.07) is 20.7. The van der Waals surface area contributed by atoms with Crippen LogP contribution >= 0.6 is 11.3 Å². The zero-order valence-electron chi connectivity index (χ0n) is 17.0. The molecule has 6 nitrogen and oxygen atoms in total. The van der Waals surface area contributed by atoms with Gasteiger partial charge in [-0.3, -0.25) is 19.7 Å². The van der Waals surface area contributed by atoms with Gasteiger partial charge in [0.05, 0.1) is 27.6 Å². The number of para-hydroxylation sites is 1. The molecule has 1 aliphatic rings. The van der Waals surface area contributed by atoms with E-state index < -0.39 is 0 Å². The number of hydrogen-bond donors (Lipinski definition) is 2. The molecule has 1 fully saturated rings. The molecule has 32 heavy (non-hydrogen) atoms. The Morgan fingerprint density at radius 2 is 1.88 bits per heavy atom. The van der Waals surface area contributed by atoms with Gasteiger partial charge in [0.25, 0.3) is 5.91 Å². The summed E-state index contributed by atoms with van der Waals surface area (Å²) in [4.78, 5) is 42.0. The molecule has 0 radical (unpaired) electrons. The quantitative estimate of drug-likeness (QED) is 0.449. The average molecular weight is 442 g/mol. The highest BCUT2D eigenvalue weighted by atomic mass is 32.1. The zero-order valence-corrected chi connectivity index (χ0v) is 17.8. The van der Waals surface area contributed by atoms with Crippen molar-refractivity contribution >= 4 is 45.6 Å². The number of carbonyl (C=O) groups is 3. The highest BCUT2D eigenvalue weighted by molar-refractivity contribution is 7.13. The largest absolute Gasteiger partial charge is 0.322 e. The number of imide groups is 1. The molecule has 2 aromatic heterocycles. The Bertz CT molecular complexity index is 1330. The van der Waals surface area contributed by atoms with E-state index in [4.69, 9.17) is 4.98 Å². The van der Waals surface area contributed by atoms with Gasteiger partial charge in [-0.25, -0.2) is 4.98 Å². The second-order valence-corrected chi connectivity index (χ2v) is 8.67. The zero-order chi connectivity index (χ0) is 22.1. The Hall–Kier alpha value is -3.84. The third-order valence-electron chi connectivity index (χ3n) is 5.49. The maximum Gasteiger partial charge on any atom is 0.256 e. The number of fused-ring (bicyclic) bond motifs is 1. The normalized spacial score (nSPS) is 15.7. The van der Waals surface area contributed by atoms with E-state index >= 15 is 0 Å². The lowest BCUT2D eigenvalue weighted by Crippen LogP contribution is -2.22. The highest BCUT2D eigenvalue weighted by Crippen LogP contribution is 2.28. The lowest BCUT2D eigenvalue weighted by molar-refractivity contribution is -0.125. The van der Waals surface area contributed by atoms with Crippen molar-refractivity contribution in [2.24, 2.45) is 5.92 Å². The third kappa shape index (κ3) is 4.02. The molecule has 158 valence electrons. The van der Waals surface area contributed by atoms with Gasteiger partial charge < -0.3 is 5.32 Å². The third-order valence-corrected chi connectivity index (χ3v) is 6.39. The lowest BCUT2D eigenvalue weighted by Gasteiger charge is -2.11. The monoisotopic (exact) mass is 441 g/mol. The van der Waals surface area contributed by atoms with E-state index in [1.165, 1.54) is 0 Å². The van der Waals surface area contributed by atoms with E-state index in [9.17, 15) is 14.4 Å². The molecule has 3 amide bonds. The molecule has 5 rings (SSSR count). The van der Waals surface area contributed by atoms with Crippen LogP contribution in [0.25, 0.3) is 21.5 Å². The van der Waals surface area contributed by atoms with Crippen LogP contribution in [0.3, 0.4) is 0 Å². The predicted octanol–water partition coefficient (Wildman–Crippen LogP) is 4.42. The predicted molar refractivity (Wildman–Crippen MR) is 124 cm³/mol. The second kappa shape index (κ2) is 8.36. The van der Waals surface area contributed by atoms with Crippen molar-refractivity contribution in [1.29, 1.82) is 0 Å². The van der Waals surface area contributed by atoms with E-state index in [0.29, 0.717) is 17.7 Å². The first-order chi connectivity index (χ1) is 15.6. The summed E-state index contributed by atoms with van der Waals surface area (Å²) in [5, 5.41) is 8.07. The topological polar surface area (TPSA) is 88.2 Å². The average Bonchev–Trinajstić information content (AvgIpc) is 3.44. The number of nitrogens with zero attached hydrogens (tertiary/aromatic N) is 1. The molecule has 4 aromatic rings. The molecule has 7 heteroatoms. The fourth-order valence-electron chi connectivity index (χ4n) is 3.89. The first-order valence-corrected chi connectivity index (χ1v) is 11.1. The number of hydrogen-bond acceptors (Lipinski definition) is 5. The molecule has 1 aliphatic heterocycles. The van der Waals surface area contributed by atoms with Crippen LogP contribution in [0.2, 0.25) is 0 Å². The number of rotatable bonds is 5. The fraction of sp³-hybridized carbons (Fsp3) is 0.120. The van der Waals surface area contributed by atoms with E-state index in [1.807, 2.05) is 72.1 Å². The van der Waals surface area contributed by atoms with Crippen molar-refractivity contribution in [3.8, 4) is 10.6 Å². The number of carbonyl (C=O) groups excluding carboxylic acids is 3. The number of thiophene rings is 1. The van der Waals surface area contributed by atoms with Gasteiger partial charge in [0, 0.05) is 17.5 Å². The van der Waals surface area contributed by atoms with Crippen molar-refractivity contribution in [1.82, 2.24) is 10.3 Å². The molecule has 2 aromatic carbocycles. The maximum atomic E-state index is 13.2. The number of anilines is 1. The van der Waals surface area contributed by atoms with Crippen LogP contribution in [0.15, 0.2) is 72.1 Å². The van der Waals surface area contributed by atoms with Crippen LogP contribution in [0.1, 0.15) is 22.3 Å². The second-order valence-electron chi connectivity index (χ2n) is 7.72. The lowest BCUT2D eigenvalue weighted by atomic mass is 9.98. The molecule has 1 saturated heterocycles. The molecule has 0 saturated carbocycles. The minimum Gasteiger partial charge on any atom is -0.322 e. The van der Waals surface area contributed by atoms with E-state index in [1.54, 1.807) is 11.3 Å². The van der Waals surface area contributed by atoms with Crippen LogP contribution < -0.4 is 10.6 Å². The highest BCUT2D eigenvalue weighted by Gasteiger charge is 2.30. The molecule has 1 unspecified atom stereocenters. The molecule has 0 aliphatic carbocycles. The van der Waals surface area contributed by atoms with Crippen LogP contribution in [-0.2, 0) is 16.0 Å². The van der Waals surface area contributed by atoms with Gasteiger partial charge in [-0.15, -0.1) is 11.3 Å². The van der Waals surface area contributed by atoms with Crippen molar-refractivity contribution < 1.29 is 14.4 Å². The van der Waals surface area contributed by atoms with Gasteiger partial charge in [-0.1, -0.05) is 36.4 Å². The van der Waals surface area contributed by atoms with Crippen molar-refractivity contribution in [3.63, 3.8) is 0 Å². The van der Waals surface area contributed by atoms with Gasteiger partial charge >= 0.3 is 0 Å². The molecule has 0 spiro atoms. The number of nitrogens with one attached hydrogen (secondary N) is 2. The van der Waals surface area contributed by atoms with Crippen LogP contribution in [0, 0.1) is 5.92 Å². The maximum absolute atomic E-state index is 13.2. The van der Waals surface area contributed by atoms with Crippen molar-refractivity contribution in [2.45, 2.75) is 12.8 Å². The summed E-state index contributed by atoms with van der Waals surface area (Å²) in [5.74, 6) is -0.995. The number of pyridine rings is 1. The first-order valence-electron chi connectivity index (χ1n) is 10.2. The Labute approximate surface area is 188 Å². The van der Waals surface area contributed by atoms with Gasteiger partial charge in [-0.05, 0) is 47.7 Å². The molecule has 1 atom stereocenters. The molecule has 3 heterocycles. The van der Waals surface area contributed by atoms with Gasteiger partial charge in [0.15, 0.2) is 0 Å². The van der Waals surface area contributed by atoms with E-state index in [-0.39, 0.29) is 30.1 Å². The van der Waals surface area contributed by atoms with Crippen LogP contribution in [0.5, 0.6) is 0 Å². The Kier molecular flexibility index (Phi) is 5.25. The minimum atomic E-state index is -0.332. The SMILES string of the molecule is O=C1CC(Cc2ccc(NC(=O)c3cc(-c4cccs4)nc4ccccc34)cc2)C(=O)N1. The van der Waals surface area contributed by atoms with Crippen LogP contribution in [-0.4, -0.2) is 22.7 Å². The molecule has 0 bridgehead atoms. The van der Waals surface area contributed by atoms with Crippen LogP contribution in [0.4, 0.5) is 5.69 Å². The Balaban J connectivity index is 1.38. The van der Waals surface area contributed by atoms with Gasteiger partial charge in [0.2, 0.25) is 11.8 Å². The van der Waals surface area contributed by atoms with E-state index in [0.717, 1.165) is 27.0 Å². The summed E-state index contributed by atoms with van der Waals surface area (Å²) in [6.45, 7) is 0. The standard InChI is InChI=1S/C25H19N3O3S/c29-23-13-16(24(30)28-23)12-15-7-9-17(10-8-15)26-25(31)19-14-21(22-6-3-11-32-22)27-20-5-2-1-4-18(19)20/h1-11,14,16H,12-13H2,(H,26,31)(H,28,29,30). The van der Waals surface area contributed by atoms with Gasteiger partial charge in [0.1, 0.15) is 0 Å². The Morgan fingerprint density at radius 3 is 2.59 bits per heavy atom. The smallest absolute Gasteiger partial charge is 0.256 e. The fourth-order valence-corrected chi connectivity index (χ4v) is 4.58. The minimum absolute atomic E-state index is 0.213. The summed E-state index contributed by atoms with van der Waals surface area (Å²) < 4.78 is 0. The number of amides is 3. The van der Waals surface area contributed by atoms with E-state index in [2.05, 4.69) is 10.6 Å². The summed E-state index contributed by atoms with van der Waals surface area (Å²) in [5.41, 5.74) is 3.69. The van der Waals surface area contributed by atoms with Crippen molar-refractivity contribution in [3.05, 3.63) is 83.2 Å². The molecule has 2 N–H and O–H groups in total. The summed E-state index contributed by atoms with van der Waals surface area (Å²) in [7, 11) is 0. The van der Waals surface area contributed by atoms with Gasteiger partial charge in [-0.2, -0.15) is 0 Å². The molecular formula is C25H19N3O3S. The Morgan fingerprint density at radius 1 is 1.06 bits per heavy atom. The number of aromatic nitrogens is 1. The summed E-state index contributed by atoms with van der Waals surface area (Å²) in [6.07, 6.45) is 0.712. The first kappa shape index (κ1) is 20.1. The molecular weight excluding hydrogens is 422 g/mol. The summed E-state index contributed by atoms with van der Waals surface area (Å²) >= 11 is 1.58.